The van der Waals surface area contributed by atoms with Gasteiger partial charge in [0.2, 0.25) is 5.76 Å². The zero-order valence-corrected chi connectivity index (χ0v) is 8.45. The monoisotopic (exact) mass is 230 g/mol. The van der Waals surface area contributed by atoms with E-state index in [1.165, 1.54) is 12.5 Å². The molecule has 6 heteroatoms. The SMILES string of the molecule is O=C(O)c1cc(-c2cccc3ncoc23)no1. The van der Waals surface area contributed by atoms with Gasteiger partial charge in [0.05, 0.1) is 0 Å². The Hall–Kier alpha value is -2.63. The van der Waals surface area contributed by atoms with Crippen LogP contribution in [0.4, 0.5) is 0 Å². The maximum atomic E-state index is 10.7. The molecule has 17 heavy (non-hydrogen) atoms. The standard InChI is InChI=1S/C11H6N2O4/c14-11(15)9-4-8(13-17-9)6-2-1-3-7-10(6)16-5-12-7/h1-5H,(H,14,15). The number of hydrogen-bond acceptors (Lipinski definition) is 5. The number of carbonyl (C=O) groups is 1. The van der Waals surface area contributed by atoms with E-state index in [1.807, 2.05) is 0 Å². The third kappa shape index (κ3) is 1.46. The molecule has 1 N–H and O–H groups in total. The number of oxazole rings is 1. The van der Waals surface area contributed by atoms with Crippen LogP contribution in [0.15, 0.2) is 39.6 Å². The summed E-state index contributed by atoms with van der Waals surface area (Å²) in [5.41, 5.74) is 2.29. The zero-order chi connectivity index (χ0) is 11.8. The first-order valence-electron chi connectivity index (χ1n) is 4.78. The highest BCUT2D eigenvalue weighted by Crippen LogP contribution is 2.27. The van der Waals surface area contributed by atoms with Gasteiger partial charge in [-0.2, -0.15) is 0 Å². The Labute approximate surface area is 94.5 Å². The molecule has 0 unspecified atom stereocenters. The van der Waals surface area contributed by atoms with E-state index in [0.29, 0.717) is 22.4 Å². The topological polar surface area (TPSA) is 89.4 Å². The average Bonchev–Trinajstić information content (AvgIpc) is 2.97. The number of fused-ring (bicyclic) bond motifs is 1. The number of aromatic nitrogens is 2. The predicted molar refractivity (Wildman–Crippen MR) is 56.5 cm³/mol. The molecule has 2 heterocycles. The van der Waals surface area contributed by atoms with Crippen LogP contribution in [0.2, 0.25) is 0 Å². The molecule has 0 amide bonds. The summed E-state index contributed by atoms with van der Waals surface area (Å²) in [5, 5.41) is 12.4. The van der Waals surface area contributed by atoms with E-state index in [0.717, 1.165) is 0 Å². The normalized spacial score (nSPS) is 10.8. The van der Waals surface area contributed by atoms with E-state index in [4.69, 9.17) is 14.0 Å². The van der Waals surface area contributed by atoms with Crippen molar-refractivity contribution >= 4 is 17.1 Å². The second-order valence-corrected chi connectivity index (χ2v) is 3.39. The van der Waals surface area contributed by atoms with Gasteiger partial charge < -0.3 is 14.0 Å². The molecule has 84 valence electrons. The molecule has 1 aromatic carbocycles. The highest BCUT2D eigenvalue weighted by molar-refractivity contribution is 5.91. The van der Waals surface area contributed by atoms with Crippen LogP contribution in [0, 0.1) is 0 Å². The molecule has 0 aliphatic heterocycles. The Bertz CT molecular complexity index is 698. The number of hydrogen-bond donors (Lipinski definition) is 1. The number of rotatable bonds is 2. The average molecular weight is 230 g/mol. The lowest BCUT2D eigenvalue weighted by atomic mass is 10.1. The van der Waals surface area contributed by atoms with E-state index in [-0.39, 0.29) is 5.76 Å². The van der Waals surface area contributed by atoms with E-state index in [1.54, 1.807) is 18.2 Å². The maximum absolute atomic E-state index is 10.7. The van der Waals surface area contributed by atoms with Crippen molar-refractivity contribution in [3.05, 3.63) is 36.4 Å². The van der Waals surface area contributed by atoms with Gasteiger partial charge in [-0.3, -0.25) is 0 Å². The molecule has 3 aromatic rings. The highest BCUT2D eigenvalue weighted by atomic mass is 16.5. The summed E-state index contributed by atoms with van der Waals surface area (Å²) in [7, 11) is 0. The number of benzene rings is 1. The molecule has 3 rings (SSSR count). The Balaban J connectivity index is 2.19. The second kappa shape index (κ2) is 3.44. The minimum atomic E-state index is -1.16. The number of carboxylic acids is 1. The van der Waals surface area contributed by atoms with Gasteiger partial charge >= 0.3 is 5.97 Å². The van der Waals surface area contributed by atoms with Crippen molar-refractivity contribution in [2.75, 3.05) is 0 Å². The molecule has 0 bridgehead atoms. The van der Waals surface area contributed by atoms with Gasteiger partial charge in [-0.25, -0.2) is 9.78 Å². The lowest BCUT2D eigenvalue weighted by Gasteiger charge is -1.94. The molecule has 0 radical (unpaired) electrons. The van der Waals surface area contributed by atoms with Gasteiger partial charge in [-0.15, -0.1) is 0 Å². The summed E-state index contributed by atoms with van der Waals surface area (Å²) < 4.78 is 9.93. The number of aromatic carboxylic acids is 1. The van der Waals surface area contributed by atoms with Crippen LogP contribution in [-0.2, 0) is 0 Å². The van der Waals surface area contributed by atoms with Crippen LogP contribution in [-0.4, -0.2) is 21.2 Å². The van der Waals surface area contributed by atoms with Crippen LogP contribution in [0.25, 0.3) is 22.4 Å². The smallest absolute Gasteiger partial charge is 0.374 e. The summed E-state index contributed by atoms with van der Waals surface area (Å²) >= 11 is 0. The molecule has 0 saturated carbocycles. The molecule has 0 fully saturated rings. The molecule has 6 nitrogen and oxygen atoms in total. The summed E-state index contributed by atoms with van der Waals surface area (Å²) in [6.45, 7) is 0. The predicted octanol–water partition coefficient (Wildman–Crippen LogP) is 2.18. The lowest BCUT2D eigenvalue weighted by molar-refractivity contribution is 0.0652. The number of carboxylic acid groups (broad SMARTS) is 1. The first-order valence-corrected chi connectivity index (χ1v) is 4.78. The van der Waals surface area contributed by atoms with E-state index in [9.17, 15) is 4.79 Å². The van der Waals surface area contributed by atoms with E-state index >= 15 is 0 Å². The first-order chi connectivity index (χ1) is 8.25. The first kappa shape index (κ1) is 9.59. The van der Waals surface area contributed by atoms with Crippen molar-refractivity contribution in [1.82, 2.24) is 10.1 Å². The van der Waals surface area contributed by atoms with Crippen molar-refractivity contribution in [2.45, 2.75) is 0 Å². The van der Waals surface area contributed by atoms with E-state index in [2.05, 4.69) is 10.1 Å². The van der Waals surface area contributed by atoms with Crippen molar-refractivity contribution in [2.24, 2.45) is 0 Å². The Kier molecular flexibility index (Phi) is 1.94. The third-order valence-electron chi connectivity index (χ3n) is 2.35. The van der Waals surface area contributed by atoms with Crippen LogP contribution in [0.3, 0.4) is 0 Å². The molecule has 0 spiro atoms. The summed E-state index contributed by atoms with van der Waals surface area (Å²) in [6, 6.07) is 6.69. The summed E-state index contributed by atoms with van der Waals surface area (Å²) in [6.07, 6.45) is 1.33. The Morgan fingerprint density at radius 3 is 3.00 bits per heavy atom. The van der Waals surface area contributed by atoms with Gasteiger partial charge in [0, 0.05) is 11.6 Å². The summed E-state index contributed by atoms with van der Waals surface area (Å²) in [5.74, 6) is -1.37. The fourth-order valence-corrected chi connectivity index (χ4v) is 1.59. The molecule has 0 saturated heterocycles. The molecule has 2 aromatic heterocycles. The van der Waals surface area contributed by atoms with Crippen molar-refractivity contribution < 1.29 is 18.8 Å². The highest BCUT2D eigenvalue weighted by Gasteiger charge is 2.15. The van der Waals surface area contributed by atoms with Gasteiger partial charge in [-0.1, -0.05) is 11.2 Å². The fraction of sp³-hybridized carbons (Fsp3) is 0. The lowest BCUT2D eigenvalue weighted by Crippen LogP contribution is -1.91. The number of para-hydroxylation sites is 1. The van der Waals surface area contributed by atoms with Gasteiger partial charge in [0.25, 0.3) is 0 Å². The molecule has 0 atom stereocenters. The third-order valence-corrected chi connectivity index (χ3v) is 2.35. The van der Waals surface area contributed by atoms with Crippen molar-refractivity contribution in [3.63, 3.8) is 0 Å². The van der Waals surface area contributed by atoms with Crippen LogP contribution >= 0.6 is 0 Å². The van der Waals surface area contributed by atoms with Crippen molar-refractivity contribution in [1.29, 1.82) is 0 Å². The quantitative estimate of drug-likeness (QED) is 0.725. The Morgan fingerprint density at radius 2 is 2.24 bits per heavy atom. The minimum absolute atomic E-state index is 0.212. The van der Waals surface area contributed by atoms with Crippen LogP contribution in [0.1, 0.15) is 10.6 Å². The second-order valence-electron chi connectivity index (χ2n) is 3.39. The zero-order valence-electron chi connectivity index (χ0n) is 8.45. The Morgan fingerprint density at radius 1 is 1.35 bits per heavy atom. The van der Waals surface area contributed by atoms with Gasteiger partial charge in [0.15, 0.2) is 12.0 Å². The molecule has 0 aliphatic rings. The van der Waals surface area contributed by atoms with Gasteiger partial charge in [-0.05, 0) is 12.1 Å². The minimum Gasteiger partial charge on any atom is -0.475 e. The van der Waals surface area contributed by atoms with Crippen LogP contribution in [0.5, 0.6) is 0 Å². The molecular weight excluding hydrogens is 224 g/mol. The molecular formula is C11H6N2O4. The summed E-state index contributed by atoms with van der Waals surface area (Å²) in [4.78, 5) is 14.7. The fourth-order valence-electron chi connectivity index (χ4n) is 1.59. The van der Waals surface area contributed by atoms with Crippen LogP contribution < -0.4 is 0 Å². The van der Waals surface area contributed by atoms with E-state index < -0.39 is 5.97 Å². The van der Waals surface area contributed by atoms with Crippen molar-refractivity contribution in [3.8, 4) is 11.3 Å². The molecule has 0 aliphatic carbocycles. The maximum Gasteiger partial charge on any atom is 0.374 e. The largest absolute Gasteiger partial charge is 0.475 e. The van der Waals surface area contributed by atoms with Gasteiger partial charge in [0.1, 0.15) is 11.2 Å². The number of nitrogens with zero attached hydrogens (tertiary/aromatic N) is 2.